The van der Waals surface area contributed by atoms with E-state index < -0.39 is 9.84 Å². The Kier molecular flexibility index (Phi) is 5.22. The summed E-state index contributed by atoms with van der Waals surface area (Å²) in [6, 6.07) is -0.220. The highest BCUT2D eigenvalue weighted by molar-refractivity contribution is 9.10. The molecule has 2 rings (SSSR count). The fourth-order valence-corrected chi connectivity index (χ4v) is 5.10. The SMILES string of the molecule is COCCn1ncc(Br)c1C(N)CC1CCS(=O)(=O)C1. The molecule has 0 spiro atoms. The van der Waals surface area contributed by atoms with E-state index in [0.717, 1.165) is 10.2 Å². The average molecular weight is 366 g/mol. The van der Waals surface area contributed by atoms with Crippen molar-refractivity contribution in [3.8, 4) is 0 Å². The van der Waals surface area contributed by atoms with Crippen LogP contribution in [0.15, 0.2) is 10.7 Å². The third kappa shape index (κ3) is 3.81. The number of nitrogens with zero attached hydrogens (tertiary/aromatic N) is 2. The molecule has 0 aliphatic carbocycles. The highest BCUT2D eigenvalue weighted by atomic mass is 79.9. The first-order valence-corrected chi connectivity index (χ1v) is 9.20. The molecule has 2 N–H and O–H groups in total. The average Bonchev–Trinajstić information content (AvgIpc) is 2.89. The molecule has 1 aromatic heterocycles. The van der Waals surface area contributed by atoms with E-state index in [1.54, 1.807) is 13.3 Å². The molecule has 0 radical (unpaired) electrons. The van der Waals surface area contributed by atoms with Crippen molar-refractivity contribution in [3.05, 3.63) is 16.4 Å². The highest BCUT2D eigenvalue weighted by Gasteiger charge is 2.30. The first-order chi connectivity index (χ1) is 9.43. The minimum absolute atomic E-state index is 0.146. The van der Waals surface area contributed by atoms with E-state index in [9.17, 15) is 8.42 Å². The summed E-state index contributed by atoms with van der Waals surface area (Å²) in [5.74, 6) is 0.687. The molecule has 0 aromatic carbocycles. The van der Waals surface area contributed by atoms with Crippen LogP contribution in [0.3, 0.4) is 0 Å². The Morgan fingerprint density at radius 3 is 3.00 bits per heavy atom. The Bertz CT molecular complexity index is 558. The van der Waals surface area contributed by atoms with Gasteiger partial charge < -0.3 is 10.5 Å². The van der Waals surface area contributed by atoms with Gasteiger partial charge in [0, 0.05) is 13.2 Å². The molecule has 1 aliphatic heterocycles. The fourth-order valence-electron chi connectivity index (χ4n) is 2.63. The molecular weight excluding hydrogens is 346 g/mol. The molecule has 0 saturated carbocycles. The van der Waals surface area contributed by atoms with Gasteiger partial charge in [-0.2, -0.15) is 5.10 Å². The summed E-state index contributed by atoms with van der Waals surface area (Å²) in [7, 11) is -1.21. The maximum absolute atomic E-state index is 11.5. The number of hydrogen-bond acceptors (Lipinski definition) is 5. The van der Waals surface area contributed by atoms with E-state index in [-0.39, 0.29) is 23.5 Å². The van der Waals surface area contributed by atoms with E-state index in [1.165, 1.54) is 0 Å². The summed E-state index contributed by atoms with van der Waals surface area (Å²) >= 11 is 3.46. The van der Waals surface area contributed by atoms with E-state index in [0.29, 0.717) is 26.0 Å². The topological polar surface area (TPSA) is 87.2 Å². The lowest BCUT2D eigenvalue weighted by Crippen LogP contribution is -2.21. The van der Waals surface area contributed by atoms with Crippen LogP contribution in [0.25, 0.3) is 0 Å². The number of sulfone groups is 1. The molecule has 1 saturated heterocycles. The highest BCUT2D eigenvalue weighted by Crippen LogP contribution is 2.30. The second-order valence-corrected chi connectivity index (χ2v) is 8.29. The zero-order chi connectivity index (χ0) is 14.8. The van der Waals surface area contributed by atoms with Crippen molar-refractivity contribution >= 4 is 25.8 Å². The molecule has 2 heterocycles. The van der Waals surface area contributed by atoms with Gasteiger partial charge in [0.05, 0.1) is 41.0 Å². The molecule has 8 heteroatoms. The van der Waals surface area contributed by atoms with E-state index in [2.05, 4.69) is 21.0 Å². The van der Waals surface area contributed by atoms with Crippen molar-refractivity contribution in [2.45, 2.75) is 25.4 Å². The Morgan fingerprint density at radius 2 is 2.40 bits per heavy atom. The summed E-state index contributed by atoms with van der Waals surface area (Å²) in [5.41, 5.74) is 7.16. The molecule has 1 aliphatic rings. The summed E-state index contributed by atoms with van der Waals surface area (Å²) in [5, 5.41) is 4.27. The molecule has 1 fully saturated rings. The van der Waals surface area contributed by atoms with Gasteiger partial charge in [-0.1, -0.05) is 0 Å². The molecule has 0 bridgehead atoms. The van der Waals surface area contributed by atoms with Gasteiger partial charge in [0.15, 0.2) is 9.84 Å². The van der Waals surface area contributed by atoms with Crippen LogP contribution < -0.4 is 5.73 Å². The summed E-state index contributed by atoms with van der Waals surface area (Å²) < 4.78 is 30.7. The third-order valence-corrected chi connectivity index (χ3v) is 6.05. The van der Waals surface area contributed by atoms with Crippen molar-refractivity contribution in [1.82, 2.24) is 9.78 Å². The maximum atomic E-state index is 11.5. The Morgan fingerprint density at radius 1 is 1.65 bits per heavy atom. The van der Waals surface area contributed by atoms with Crippen molar-refractivity contribution in [2.24, 2.45) is 11.7 Å². The fraction of sp³-hybridized carbons (Fsp3) is 0.750. The van der Waals surface area contributed by atoms with Crippen molar-refractivity contribution in [1.29, 1.82) is 0 Å². The molecule has 6 nitrogen and oxygen atoms in total. The van der Waals surface area contributed by atoms with Crippen LogP contribution in [0, 0.1) is 5.92 Å². The molecule has 20 heavy (non-hydrogen) atoms. The smallest absolute Gasteiger partial charge is 0.150 e. The van der Waals surface area contributed by atoms with Gasteiger partial charge in [-0.15, -0.1) is 0 Å². The third-order valence-electron chi connectivity index (χ3n) is 3.61. The lowest BCUT2D eigenvalue weighted by Gasteiger charge is -2.18. The van der Waals surface area contributed by atoms with Gasteiger partial charge >= 0.3 is 0 Å². The van der Waals surface area contributed by atoms with Crippen LogP contribution >= 0.6 is 15.9 Å². The maximum Gasteiger partial charge on any atom is 0.150 e. The lowest BCUT2D eigenvalue weighted by molar-refractivity contribution is 0.181. The van der Waals surface area contributed by atoms with Gasteiger partial charge in [0.25, 0.3) is 0 Å². The van der Waals surface area contributed by atoms with Crippen LogP contribution in [0.1, 0.15) is 24.6 Å². The number of rotatable bonds is 6. The zero-order valence-corrected chi connectivity index (χ0v) is 13.9. The van der Waals surface area contributed by atoms with Crippen molar-refractivity contribution < 1.29 is 13.2 Å². The standard InChI is InChI=1S/C12H20BrN3O3S/c1-19-4-3-16-12(10(13)7-15-16)11(14)6-9-2-5-20(17,18)8-9/h7,9,11H,2-6,8,14H2,1H3. The monoisotopic (exact) mass is 365 g/mol. The molecule has 0 amide bonds. The van der Waals surface area contributed by atoms with E-state index in [1.807, 2.05) is 4.68 Å². The van der Waals surface area contributed by atoms with E-state index >= 15 is 0 Å². The number of aromatic nitrogens is 2. The van der Waals surface area contributed by atoms with Crippen LogP contribution in [-0.4, -0.2) is 43.4 Å². The predicted octanol–water partition coefficient (Wildman–Crippen LogP) is 1.12. The van der Waals surface area contributed by atoms with Crippen LogP contribution in [0.2, 0.25) is 0 Å². The quantitative estimate of drug-likeness (QED) is 0.815. The molecule has 2 unspecified atom stereocenters. The normalized spacial score (nSPS) is 23.1. The summed E-state index contributed by atoms with van der Waals surface area (Å²) in [4.78, 5) is 0. The summed E-state index contributed by atoms with van der Waals surface area (Å²) in [6.45, 7) is 1.19. The van der Waals surface area contributed by atoms with Gasteiger partial charge in [-0.25, -0.2) is 8.42 Å². The van der Waals surface area contributed by atoms with Crippen LogP contribution in [0.5, 0.6) is 0 Å². The van der Waals surface area contributed by atoms with E-state index in [4.69, 9.17) is 10.5 Å². The second-order valence-electron chi connectivity index (χ2n) is 5.20. The molecule has 2 atom stereocenters. The van der Waals surface area contributed by atoms with Gasteiger partial charge in [0.1, 0.15) is 0 Å². The number of halogens is 1. The number of methoxy groups -OCH3 is 1. The first-order valence-electron chi connectivity index (χ1n) is 6.59. The first kappa shape index (κ1) is 15.9. The number of hydrogen-bond donors (Lipinski definition) is 1. The molecular formula is C12H20BrN3O3S. The molecule has 1 aromatic rings. The zero-order valence-electron chi connectivity index (χ0n) is 11.5. The minimum atomic E-state index is -2.85. The Labute approximate surface area is 127 Å². The summed E-state index contributed by atoms with van der Waals surface area (Å²) in [6.07, 6.45) is 3.09. The van der Waals surface area contributed by atoms with Crippen LogP contribution in [-0.2, 0) is 21.1 Å². The molecule has 114 valence electrons. The number of nitrogens with two attached hydrogens (primary N) is 1. The van der Waals surface area contributed by atoms with Gasteiger partial charge in [-0.05, 0) is 34.7 Å². The van der Waals surface area contributed by atoms with Crippen molar-refractivity contribution in [2.75, 3.05) is 25.2 Å². The second kappa shape index (κ2) is 6.55. The Hall–Kier alpha value is -0.440. The van der Waals surface area contributed by atoms with Gasteiger partial charge in [0.2, 0.25) is 0 Å². The van der Waals surface area contributed by atoms with Gasteiger partial charge in [-0.3, -0.25) is 4.68 Å². The largest absolute Gasteiger partial charge is 0.383 e. The van der Waals surface area contributed by atoms with Crippen LogP contribution in [0.4, 0.5) is 0 Å². The number of ether oxygens (including phenoxy) is 1. The minimum Gasteiger partial charge on any atom is -0.383 e. The lowest BCUT2D eigenvalue weighted by atomic mass is 9.98. The van der Waals surface area contributed by atoms with Crippen molar-refractivity contribution in [3.63, 3.8) is 0 Å². The Balaban J connectivity index is 2.05. The predicted molar refractivity (Wildman–Crippen MR) is 80.1 cm³/mol.